The van der Waals surface area contributed by atoms with Crippen molar-refractivity contribution < 1.29 is 8.42 Å². The van der Waals surface area contributed by atoms with Gasteiger partial charge >= 0.3 is 0 Å². The van der Waals surface area contributed by atoms with Crippen molar-refractivity contribution in [3.63, 3.8) is 0 Å². The van der Waals surface area contributed by atoms with Gasteiger partial charge in [0.1, 0.15) is 0 Å². The van der Waals surface area contributed by atoms with Crippen molar-refractivity contribution in [2.24, 2.45) is 7.05 Å². The van der Waals surface area contributed by atoms with Gasteiger partial charge in [-0.3, -0.25) is 4.68 Å². The van der Waals surface area contributed by atoms with Crippen LogP contribution in [0.3, 0.4) is 0 Å². The van der Waals surface area contributed by atoms with Crippen LogP contribution in [0.25, 0.3) is 0 Å². The molecule has 7 heteroatoms. The van der Waals surface area contributed by atoms with E-state index in [9.17, 15) is 8.42 Å². The number of nitrogens with one attached hydrogen (secondary N) is 2. The molecule has 0 aliphatic rings. The third-order valence-corrected chi connectivity index (χ3v) is 3.72. The fourth-order valence-corrected chi connectivity index (χ4v) is 2.40. The van der Waals surface area contributed by atoms with E-state index in [-0.39, 0.29) is 5.75 Å². The van der Waals surface area contributed by atoms with Crippen LogP contribution in [0, 0.1) is 6.92 Å². The fraction of sp³-hybridized carbons (Fsp3) is 0.700. The maximum atomic E-state index is 11.6. The van der Waals surface area contributed by atoms with Crippen molar-refractivity contribution in [3.05, 3.63) is 17.5 Å². The minimum Gasteiger partial charge on any atom is -0.316 e. The Morgan fingerprint density at radius 2 is 2.18 bits per heavy atom. The average Bonchev–Trinajstić information content (AvgIpc) is 2.55. The summed E-state index contributed by atoms with van der Waals surface area (Å²) in [5.41, 5.74) is 1.75. The predicted octanol–water partition coefficient (Wildman–Crippen LogP) is -0.243. The number of aryl methyl sites for hydroxylation is 2. The van der Waals surface area contributed by atoms with Gasteiger partial charge in [0.15, 0.2) is 0 Å². The smallest absolute Gasteiger partial charge is 0.213 e. The van der Waals surface area contributed by atoms with E-state index in [1.165, 1.54) is 0 Å². The summed E-state index contributed by atoms with van der Waals surface area (Å²) in [7, 11) is -1.39. The zero-order valence-corrected chi connectivity index (χ0v) is 11.3. The van der Waals surface area contributed by atoms with Gasteiger partial charge in [-0.2, -0.15) is 5.10 Å². The first kappa shape index (κ1) is 14.1. The Labute approximate surface area is 102 Å². The molecule has 17 heavy (non-hydrogen) atoms. The van der Waals surface area contributed by atoms with Crippen LogP contribution >= 0.6 is 0 Å². The van der Waals surface area contributed by atoms with Crippen molar-refractivity contribution in [3.8, 4) is 0 Å². The number of nitrogens with zero attached hydrogens (tertiary/aromatic N) is 2. The lowest BCUT2D eigenvalue weighted by molar-refractivity contribution is 0.577. The second-order valence-corrected chi connectivity index (χ2v) is 5.83. The van der Waals surface area contributed by atoms with Crippen LogP contribution in [-0.4, -0.2) is 37.0 Å². The Balaban J connectivity index is 2.47. The third-order valence-electron chi connectivity index (χ3n) is 2.40. The van der Waals surface area contributed by atoms with E-state index in [0.29, 0.717) is 13.1 Å². The SMILES string of the molecule is CCNCCS(=O)(=O)NCc1cn(C)nc1C. The van der Waals surface area contributed by atoms with Gasteiger partial charge in [0, 0.05) is 31.9 Å². The molecular weight excluding hydrogens is 240 g/mol. The summed E-state index contributed by atoms with van der Waals surface area (Å²) in [6.45, 7) is 5.35. The zero-order chi connectivity index (χ0) is 12.9. The van der Waals surface area contributed by atoms with Gasteiger partial charge in [0.2, 0.25) is 10.0 Å². The van der Waals surface area contributed by atoms with Crippen LogP contribution in [0.4, 0.5) is 0 Å². The molecule has 0 saturated carbocycles. The van der Waals surface area contributed by atoms with E-state index in [1.807, 2.05) is 27.1 Å². The summed E-state index contributed by atoms with van der Waals surface area (Å²) >= 11 is 0. The lowest BCUT2D eigenvalue weighted by Gasteiger charge is -2.06. The summed E-state index contributed by atoms with van der Waals surface area (Å²) < 4.78 is 27.5. The van der Waals surface area contributed by atoms with Crippen LogP contribution < -0.4 is 10.0 Å². The largest absolute Gasteiger partial charge is 0.316 e. The predicted molar refractivity (Wildman–Crippen MR) is 67.1 cm³/mol. The van der Waals surface area contributed by atoms with Crippen LogP contribution in [-0.2, 0) is 23.6 Å². The lowest BCUT2D eigenvalue weighted by Crippen LogP contribution is -2.31. The summed E-state index contributed by atoms with van der Waals surface area (Å²) in [6, 6.07) is 0. The summed E-state index contributed by atoms with van der Waals surface area (Å²) in [4.78, 5) is 0. The molecule has 1 heterocycles. The summed E-state index contributed by atoms with van der Waals surface area (Å²) in [5.74, 6) is 0.0974. The maximum Gasteiger partial charge on any atom is 0.213 e. The minimum absolute atomic E-state index is 0.0974. The molecule has 0 unspecified atom stereocenters. The minimum atomic E-state index is -3.21. The van der Waals surface area contributed by atoms with Gasteiger partial charge in [-0.15, -0.1) is 0 Å². The molecule has 1 aromatic rings. The molecule has 0 aromatic carbocycles. The van der Waals surface area contributed by atoms with Gasteiger partial charge in [-0.1, -0.05) is 6.92 Å². The molecule has 1 aromatic heterocycles. The highest BCUT2D eigenvalue weighted by atomic mass is 32.2. The monoisotopic (exact) mass is 260 g/mol. The van der Waals surface area contributed by atoms with Gasteiger partial charge in [0.05, 0.1) is 11.4 Å². The Kier molecular flexibility index (Phi) is 5.10. The molecule has 0 aliphatic carbocycles. The van der Waals surface area contributed by atoms with Crippen LogP contribution in [0.5, 0.6) is 0 Å². The Hall–Kier alpha value is -0.920. The number of hydrogen-bond acceptors (Lipinski definition) is 4. The highest BCUT2D eigenvalue weighted by Crippen LogP contribution is 2.04. The van der Waals surface area contributed by atoms with Crippen LogP contribution in [0.15, 0.2) is 6.20 Å². The van der Waals surface area contributed by atoms with Crippen molar-refractivity contribution in [2.45, 2.75) is 20.4 Å². The summed E-state index contributed by atoms with van der Waals surface area (Å²) in [5, 5.41) is 7.14. The van der Waals surface area contributed by atoms with Crippen LogP contribution in [0.2, 0.25) is 0 Å². The van der Waals surface area contributed by atoms with Crippen molar-refractivity contribution >= 4 is 10.0 Å². The second kappa shape index (κ2) is 6.13. The zero-order valence-electron chi connectivity index (χ0n) is 10.5. The van der Waals surface area contributed by atoms with Crippen molar-refractivity contribution in [1.82, 2.24) is 19.8 Å². The molecule has 0 spiro atoms. The Morgan fingerprint density at radius 1 is 1.47 bits per heavy atom. The summed E-state index contributed by atoms with van der Waals surface area (Å²) in [6.07, 6.45) is 1.82. The molecule has 0 bridgehead atoms. The molecule has 98 valence electrons. The highest BCUT2D eigenvalue weighted by molar-refractivity contribution is 7.89. The van der Waals surface area contributed by atoms with E-state index < -0.39 is 10.0 Å². The lowest BCUT2D eigenvalue weighted by atomic mass is 10.3. The molecule has 0 saturated heterocycles. The first-order valence-electron chi connectivity index (χ1n) is 5.62. The van der Waals surface area contributed by atoms with E-state index in [4.69, 9.17) is 0 Å². The number of rotatable bonds is 7. The standard InChI is InChI=1S/C10H20N4O2S/c1-4-11-5-6-17(15,16)12-7-10-8-14(3)13-9(10)2/h8,11-12H,4-7H2,1-3H3. The quantitative estimate of drug-likeness (QED) is 0.663. The van der Waals surface area contributed by atoms with Crippen molar-refractivity contribution in [1.29, 1.82) is 0 Å². The van der Waals surface area contributed by atoms with Gasteiger partial charge in [-0.05, 0) is 13.5 Å². The Morgan fingerprint density at radius 3 is 2.71 bits per heavy atom. The molecule has 0 radical (unpaired) electrons. The van der Waals surface area contributed by atoms with E-state index >= 15 is 0 Å². The molecular formula is C10H20N4O2S. The number of hydrogen-bond donors (Lipinski definition) is 2. The molecule has 2 N–H and O–H groups in total. The molecule has 0 fully saturated rings. The maximum absolute atomic E-state index is 11.6. The Bertz CT molecular complexity index is 453. The fourth-order valence-electron chi connectivity index (χ4n) is 1.47. The first-order chi connectivity index (χ1) is 7.94. The van der Waals surface area contributed by atoms with Crippen LogP contribution in [0.1, 0.15) is 18.2 Å². The van der Waals surface area contributed by atoms with Crippen molar-refractivity contribution in [2.75, 3.05) is 18.8 Å². The average molecular weight is 260 g/mol. The highest BCUT2D eigenvalue weighted by Gasteiger charge is 2.11. The normalized spacial score (nSPS) is 11.9. The number of aromatic nitrogens is 2. The van der Waals surface area contributed by atoms with E-state index in [1.54, 1.807) is 4.68 Å². The van der Waals surface area contributed by atoms with E-state index in [0.717, 1.165) is 17.8 Å². The molecule has 0 aliphatic heterocycles. The topological polar surface area (TPSA) is 76.0 Å². The van der Waals surface area contributed by atoms with Gasteiger partial charge < -0.3 is 5.32 Å². The second-order valence-electron chi connectivity index (χ2n) is 3.91. The van der Waals surface area contributed by atoms with Gasteiger partial charge in [0.25, 0.3) is 0 Å². The third kappa shape index (κ3) is 4.84. The van der Waals surface area contributed by atoms with E-state index in [2.05, 4.69) is 15.1 Å². The molecule has 6 nitrogen and oxygen atoms in total. The molecule has 0 atom stereocenters. The first-order valence-corrected chi connectivity index (χ1v) is 7.27. The molecule has 0 amide bonds. The number of sulfonamides is 1. The molecule has 1 rings (SSSR count). The van der Waals surface area contributed by atoms with Gasteiger partial charge in [-0.25, -0.2) is 13.1 Å².